The Labute approximate surface area is 406 Å². The first-order chi connectivity index (χ1) is 33.7. The molecule has 0 unspecified atom stereocenters. The number of benzene rings is 10. The van der Waals surface area contributed by atoms with Gasteiger partial charge in [0.1, 0.15) is 11.2 Å². The van der Waals surface area contributed by atoms with Crippen LogP contribution in [0.1, 0.15) is 49.9 Å². The number of anilines is 3. The number of nitrogens with zero attached hydrogens (tertiary/aromatic N) is 1. The highest BCUT2D eigenvalue weighted by molar-refractivity contribution is 7.25. The molecule has 0 aliphatic heterocycles. The van der Waals surface area contributed by atoms with Crippen LogP contribution in [-0.2, 0) is 10.8 Å². The third-order valence-electron chi connectivity index (χ3n) is 15.5. The molecular formula is C66H47NOS. The lowest BCUT2D eigenvalue weighted by molar-refractivity contribution is 0.660. The Morgan fingerprint density at radius 3 is 1.75 bits per heavy atom. The summed E-state index contributed by atoms with van der Waals surface area (Å²) >= 11 is 1.86. The minimum atomic E-state index is -0.158. The van der Waals surface area contributed by atoms with Gasteiger partial charge in [0.2, 0.25) is 0 Å². The summed E-state index contributed by atoms with van der Waals surface area (Å²) in [5.74, 6) is 0. The van der Waals surface area contributed by atoms with Crippen molar-refractivity contribution in [3.8, 4) is 55.6 Å². The molecule has 0 fully saturated rings. The van der Waals surface area contributed by atoms with E-state index in [2.05, 4.69) is 239 Å². The lowest BCUT2D eigenvalue weighted by atomic mass is 9.81. The maximum absolute atomic E-state index is 6.49. The zero-order valence-corrected chi connectivity index (χ0v) is 39.8. The standard InChI is InChI=1S/C66H47NOS/c1-65(2)55-18-8-5-15-52(55)63-57(65)19-12-20-59(63)67(46-32-25-41(26-33-46)43-29-36-62-54(38-43)50-14-7-10-22-61(50)69-62)45-30-23-40(24-31-45)42-28-35-56-53(37-42)48-34-27-44(39-58(48)66(56,3)4)47-16-11-17-51-49-13-6-9-21-60(49)68-64(47)51/h5-39H,1-4H3. The van der Waals surface area contributed by atoms with Gasteiger partial charge in [-0.2, -0.15) is 0 Å². The quantitative estimate of drug-likeness (QED) is 0.165. The molecular weight excluding hydrogens is 855 g/mol. The largest absolute Gasteiger partial charge is 0.455 e. The Morgan fingerprint density at radius 2 is 0.942 bits per heavy atom. The van der Waals surface area contributed by atoms with Gasteiger partial charge in [-0.1, -0.05) is 173 Å². The molecule has 328 valence electrons. The van der Waals surface area contributed by atoms with Crippen LogP contribution in [-0.4, -0.2) is 0 Å². The van der Waals surface area contributed by atoms with Crippen LogP contribution >= 0.6 is 11.3 Å². The van der Waals surface area contributed by atoms with Crippen molar-refractivity contribution in [1.82, 2.24) is 0 Å². The average Bonchev–Trinajstić information content (AvgIpc) is 4.09. The molecule has 3 heteroatoms. The normalized spacial score (nSPS) is 14.0. The fraction of sp³-hybridized carbons (Fsp3) is 0.0909. The molecule has 0 saturated carbocycles. The molecule has 0 bridgehead atoms. The third kappa shape index (κ3) is 5.97. The third-order valence-corrected chi connectivity index (χ3v) is 16.7. The second kappa shape index (κ2) is 14.8. The maximum Gasteiger partial charge on any atom is 0.143 e. The van der Waals surface area contributed by atoms with Crippen molar-refractivity contribution in [2.24, 2.45) is 0 Å². The molecule has 0 atom stereocenters. The van der Waals surface area contributed by atoms with E-state index in [9.17, 15) is 0 Å². The van der Waals surface area contributed by atoms with Crippen LogP contribution in [0, 0.1) is 0 Å². The Kier molecular flexibility index (Phi) is 8.58. The van der Waals surface area contributed by atoms with Gasteiger partial charge in [-0.15, -0.1) is 11.3 Å². The lowest BCUT2D eigenvalue weighted by Crippen LogP contribution is -2.16. The lowest BCUT2D eigenvalue weighted by Gasteiger charge is -2.29. The summed E-state index contributed by atoms with van der Waals surface area (Å²) in [7, 11) is 0. The minimum absolute atomic E-state index is 0.114. The number of hydrogen-bond donors (Lipinski definition) is 0. The number of rotatable bonds is 6. The number of hydrogen-bond acceptors (Lipinski definition) is 3. The molecule has 0 spiro atoms. The Morgan fingerprint density at radius 1 is 0.362 bits per heavy atom. The highest BCUT2D eigenvalue weighted by Gasteiger charge is 2.38. The van der Waals surface area contributed by atoms with Gasteiger partial charge in [0.15, 0.2) is 0 Å². The van der Waals surface area contributed by atoms with Crippen LogP contribution in [0.3, 0.4) is 0 Å². The molecule has 10 aromatic carbocycles. The molecule has 69 heavy (non-hydrogen) atoms. The highest BCUT2D eigenvalue weighted by Crippen LogP contribution is 2.55. The summed E-state index contributed by atoms with van der Waals surface area (Å²) in [5.41, 5.74) is 22.8. The predicted octanol–water partition coefficient (Wildman–Crippen LogP) is 19.0. The van der Waals surface area contributed by atoms with Gasteiger partial charge in [-0.05, 0) is 133 Å². The molecule has 2 nitrogen and oxygen atoms in total. The smallest absolute Gasteiger partial charge is 0.143 e. The van der Waals surface area contributed by atoms with Gasteiger partial charge in [-0.25, -0.2) is 0 Å². The second-order valence-corrected chi connectivity index (χ2v) is 21.1. The summed E-state index contributed by atoms with van der Waals surface area (Å²) in [4.78, 5) is 2.46. The van der Waals surface area contributed by atoms with Gasteiger partial charge in [-0.3, -0.25) is 0 Å². The van der Waals surface area contributed by atoms with E-state index < -0.39 is 0 Å². The highest BCUT2D eigenvalue weighted by atomic mass is 32.1. The molecule has 14 rings (SSSR count). The maximum atomic E-state index is 6.49. The van der Waals surface area contributed by atoms with Crippen molar-refractivity contribution in [3.05, 3.63) is 235 Å². The molecule has 12 aromatic rings. The Balaban J connectivity index is 0.846. The zero-order chi connectivity index (χ0) is 46.2. The number of thiophene rings is 1. The van der Waals surface area contributed by atoms with E-state index >= 15 is 0 Å². The number of para-hydroxylation sites is 2. The summed E-state index contributed by atoms with van der Waals surface area (Å²) in [6.45, 7) is 9.45. The monoisotopic (exact) mass is 901 g/mol. The summed E-state index contributed by atoms with van der Waals surface area (Å²) in [6, 6.07) is 78.8. The summed E-state index contributed by atoms with van der Waals surface area (Å²) < 4.78 is 9.14. The SMILES string of the molecule is CC1(C)c2ccc(-c3ccc(N(c4ccc(-c5ccc6sc7ccccc7c6c5)cc4)c4cccc5c4-c4ccccc4C5(C)C)cc3)cc2-c2ccc(-c3cccc4c3oc3ccccc34)cc21. The van der Waals surface area contributed by atoms with Crippen molar-refractivity contribution in [3.63, 3.8) is 0 Å². The summed E-state index contributed by atoms with van der Waals surface area (Å²) in [6.07, 6.45) is 0. The van der Waals surface area contributed by atoms with E-state index in [4.69, 9.17) is 4.42 Å². The van der Waals surface area contributed by atoms with Gasteiger partial charge >= 0.3 is 0 Å². The van der Waals surface area contributed by atoms with E-state index in [0.29, 0.717) is 0 Å². The van der Waals surface area contributed by atoms with Crippen LogP contribution in [0.15, 0.2) is 217 Å². The molecule has 0 saturated heterocycles. The molecule has 0 amide bonds. The number of furan rings is 1. The van der Waals surface area contributed by atoms with Crippen LogP contribution in [0.2, 0.25) is 0 Å². The first-order valence-electron chi connectivity index (χ1n) is 24.1. The van der Waals surface area contributed by atoms with Crippen molar-refractivity contribution >= 4 is 70.5 Å². The minimum Gasteiger partial charge on any atom is -0.455 e. The molecule has 2 aromatic heterocycles. The van der Waals surface area contributed by atoms with Crippen LogP contribution in [0.25, 0.3) is 97.7 Å². The van der Waals surface area contributed by atoms with E-state index in [1.807, 2.05) is 17.4 Å². The van der Waals surface area contributed by atoms with Gasteiger partial charge in [0.25, 0.3) is 0 Å². The van der Waals surface area contributed by atoms with Crippen molar-refractivity contribution in [2.75, 3.05) is 4.90 Å². The summed E-state index contributed by atoms with van der Waals surface area (Å²) in [5, 5.41) is 4.95. The van der Waals surface area contributed by atoms with E-state index in [0.717, 1.165) is 38.9 Å². The van der Waals surface area contributed by atoms with Crippen molar-refractivity contribution in [2.45, 2.75) is 38.5 Å². The van der Waals surface area contributed by atoms with Crippen LogP contribution in [0.5, 0.6) is 0 Å². The van der Waals surface area contributed by atoms with Crippen LogP contribution < -0.4 is 4.90 Å². The average molecular weight is 902 g/mol. The molecule has 2 aliphatic rings. The molecule has 2 aliphatic carbocycles. The van der Waals surface area contributed by atoms with Crippen molar-refractivity contribution < 1.29 is 4.42 Å². The first-order valence-corrected chi connectivity index (χ1v) is 24.9. The molecule has 2 heterocycles. The van der Waals surface area contributed by atoms with Gasteiger partial charge in [0.05, 0.1) is 5.69 Å². The van der Waals surface area contributed by atoms with E-state index in [-0.39, 0.29) is 10.8 Å². The predicted molar refractivity (Wildman–Crippen MR) is 293 cm³/mol. The molecule has 0 N–H and O–H groups in total. The fourth-order valence-electron chi connectivity index (χ4n) is 11.9. The number of fused-ring (bicyclic) bond motifs is 12. The Bertz CT molecular complexity index is 4070. The molecule has 0 radical (unpaired) electrons. The van der Waals surface area contributed by atoms with E-state index in [1.54, 1.807) is 0 Å². The second-order valence-electron chi connectivity index (χ2n) is 20.0. The van der Waals surface area contributed by atoms with Crippen molar-refractivity contribution in [1.29, 1.82) is 0 Å². The first kappa shape index (κ1) is 40.1. The van der Waals surface area contributed by atoms with Gasteiger partial charge in [0, 0.05) is 64.3 Å². The zero-order valence-electron chi connectivity index (χ0n) is 39.0. The van der Waals surface area contributed by atoms with Crippen LogP contribution in [0.4, 0.5) is 17.1 Å². The topological polar surface area (TPSA) is 16.4 Å². The fourth-order valence-corrected chi connectivity index (χ4v) is 13.0. The Hall–Kier alpha value is -7.98. The van der Waals surface area contributed by atoms with E-state index in [1.165, 1.54) is 98.2 Å². The van der Waals surface area contributed by atoms with Gasteiger partial charge < -0.3 is 9.32 Å².